The van der Waals surface area contributed by atoms with Crippen LogP contribution in [0.1, 0.15) is 113 Å². The average Bonchev–Trinajstić information content (AvgIpc) is 3.84. The van der Waals surface area contributed by atoms with Gasteiger partial charge in [-0.2, -0.15) is 0 Å². The first kappa shape index (κ1) is 51.3. The van der Waals surface area contributed by atoms with Gasteiger partial charge in [0.25, 0.3) is 0 Å². The number of pyridine rings is 3. The molecule has 6 nitrogen and oxygen atoms in total. The predicted octanol–water partition coefficient (Wildman–Crippen LogP) is 15.9. The summed E-state index contributed by atoms with van der Waals surface area (Å²) < 4.78 is 8.96. The summed E-state index contributed by atoms with van der Waals surface area (Å²) in [6, 6.07) is 39.2. The molecule has 69 heavy (non-hydrogen) atoms. The van der Waals surface area contributed by atoms with Crippen LogP contribution in [0, 0.1) is 44.2 Å². The molecule has 5 heterocycles. The third-order valence-corrected chi connectivity index (χ3v) is 14.8. The van der Waals surface area contributed by atoms with Crippen LogP contribution in [0.25, 0.3) is 72.6 Å². The molecule has 0 saturated heterocycles. The Bertz CT molecular complexity index is 3250. The van der Waals surface area contributed by atoms with Gasteiger partial charge in [-0.3, -0.25) is 9.97 Å². The van der Waals surface area contributed by atoms with Gasteiger partial charge in [0.1, 0.15) is 0 Å². The number of furan rings is 1. The predicted molar refractivity (Wildman–Crippen MR) is 289 cm³/mol. The van der Waals surface area contributed by atoms with Crippen LogP contribution >= 0.6 is 0 Å². The quantitative estimate of drug-likeness (QED) is 0.101. The topological polar surface area (TPSA) is 69.6 Å². The van der Waals surface area contributed by atoms with Crippen LogP contribution in [-0.4, -0.2) is 32.6 Å². The Morgan fingerprint density at radius 3 is 2.06 bits per heavy atom. The van der Waals surface area contributed by atoms with Crippen molar-refractivity contribution < 1.29 is 24.5 Å². The Morgan fingerprint density at radius 2 is 1.43 bits per heavy atom. The summed E-state index contributed by atoms with van der Waals surface area (Å²) in [5.41, 5.74) is 18.5. The molecule has 0 bridgehead atoms. The van der Waals surface area contributed by atoms with Gasteiger partial charge in [-0.25, -0.2) is 4.98 Å². The summed E-state index contributed by atoms with van der Waals surface area (Å²) >= 11 is 0. The van der Waals surface area contributed by atoms with Gasteiger partial charge in [0, 0.05) is 49.3 Å². The van der Waals surface area contributed by atoms with Gasteiger partial charge < -0.3 is 14.0 Å². The summed E-state index contributed by atoms with van der Waals surface area (Å²) in [6.07, 6.45) is 5.97. The monoisotopic (exact) mass is 1110 g/mol. The first-order valence-corrected chi connectivity index (χ1v) is 28.0. The van der Waals surface area contributed by atoms with Gasteiger partial charge in [-0.15, -0.1) is 53.1 Å². The molecule has 0 amide bonds. The molecule has 1 radical (unpaired) electrons. The SMILES string of the molecule is Cc1c[c-]c(-c2cc(CC(C)C)c([Si](C)(C)C)cn2)c(C)c1.Cc1nccc2nc(-c3[c-]ccc4c3oc3nc(CC(C)(C)C)ccc34)n(-c3c(C(C)C)cc(-c4ccccc4)cc3C(C)C)c12.[Ir]. The van der Waals surface area contributed by atoms with Crippen molar-refractivity contribution in [1.29, 1.82) is 0 Å². The molecule has 0 N–H and O–H groups in total. The summed E-state index contributed by atoms with van der Waals surface area (Å²) in [5.74, 6) is 1.97. The molecule has 4 aromatic carbocycles. The number of aromatic nitrogens is 5. The summed E-state index contributed by atoms with van der Waals surface area (Å²) in [5, 5.41) is 3.51. The fraction of sp³-hybridized carbons (Fsp3) is 0.344. The number of hydrogen-bond donors (Lipinski definition) is 0. The van der Waals surface area contributed by atoms with Crippen LogP contribution in [-0.2, 0) is 32.9 Å². The second kappa shape index (κ2) is 20.4. The minimum absolute atomic E-state index is 0. The molecule has 0 saturated carbocycles. The molecule has 8 heteroatoms. The Kier molecular flexibility index (Phi) is 15.2. The van der Waals surface area contributed by atoms with Crippen molar-refractivity contribution in [2.75, 3.05) is 0 Å². The second-order valence-corrected chi connectivity index (χ2v) is 27.2. The van der Waals surface area contributed by atoms with E-state index < -0.39 is 8.07 Å². The summed E-state index contributed by atoms with van der Waals surface area (Å²) in [7, 11) is -1.36. The number of imidazole rings is 1. The van der Waals surface area contributed by atoms with Crippen LogP contribution in [0.4, 0.5) is 0 Å². The van der Waals surface area contributed by atoms with Crippen LogP contribution < -0.4 is 5.19 Å². The van der Waals surface area contributed by atoms with E-state index in [1.54, 1.807) is 0 Å². The number of benzene rings is 4. The van der Waals surface area contributed by atoms with Gasteiger partial charge in [-0.05, 0) is 106 Å². The van der Waals surface area contributed by atoms with Crippen molar-refractivity contribution in [2.24, 2.45) is 11.3 Å². The van der Waals surface area contributed by atoms with Crippen LogP contribution in [0.5, 0.6) is 0 Å². The molecule has 0 aliphatic carbocycles. The number of hydrogen-bond acceptors (Lipinski definition) is 5. The molecule has 9 rings (SSSR count). The van der Waals surface area contributed by atoms with Crippen LogP contribution in [0.3, 0.4) is 0 Å². The number of fused-ring (bicyclic) bond motifs is 4. The standard InChI is InChI=1S/C41H41N4O.C20H28NSi.Ir/c1-24(2)33-21-28(27-13-10-9-11-14-27)22-34(25(3)4)37(33)45-36-26(5)42-20-19-35(36)44-39(45)32-16-12-15-30-31-18-17-29(23-41(6,7)8)43-40(31)46-38(30)32;1-14(2)10-17-12-19(21-13-20(17)22(5,6)7)18-9-8-15(3)11-16(18)4;/h9-15,17-22,24-25H,23H2,1-8H3;8,11-14H,10H2,1-7H3;/q2*-1;. The van der Waals surface area contributed by atoms with Crippen molar-refractivity contribution in [3.8, 4) is 39.5 Å². The smallest absolute Gasteiger partial charge is 0.216 e. The second-order valence-electron chi connectivity index (χ2n) is 22.1. The average molecular weight is 1110 g/mol. The third-order valence-electron chi connectivity index (χ3n) is 12.7. The minimum Gasteiger partial charge on any atom is -0.486 e. The molecule has 0 atom stereocenters. The van der Waals surface area contributed by atoms with E-state index in [0.29, 0.717) is 11.6 Å². The maximum absolute atomic E-state index is 6.63. The maximum atomic E-state index is 6.63. The van der Waals surface area contributed by atoms with E-state index >= 15 is 0 Å². The Labute approximate surface area is 425 Å². The molecule has 0 fully saturated rings. The Hall–Kier alpha value is -5.53. The van der Waals surface area contributed by atoms with Gasteiger partial charge in [0.15, 0.2) is 0 Å². The van der Waals surface area contributed by atoms with Gasteiger partial charge in [-0.1, -0.05) is 149 Å². The molecule has 5 aromatic heterocycles. The molecule has 0 aliphatic rings. The minimum atomic E-state index is -1.36. The number of nitrogens with zero attached hydrogens (tertiary/aromatic N) is 5. The molecular weight excluding hydrogens is 1040 g/mol. The fourth-order valence-corrected chi connectivity index (χ4v) is 11.2. The van der Waals surface area contributed by atoms with Gasteiger partial charge >= 0.3 is 0 Å². The van der Waals surface area contributed by atoms with E-state index in [0.717, 1.165) is 80.0 Å². The van der Waals surface area contributed by atoms with E-state index in [4.69, 9.17) is 24.4 Å². The van der Waals surface area contributed by atoms with Gasteiger partial charge in [0.05, 0.1) is 36.2 Å². The van der Waals surface area contributed by atoms with Crippen molar-refractivity contribution in [3.63, 3.8) is 0 Å². The van der Waals surface area contributed by atoms with E-state index in [-0.39, 0.29) is 37.4 Å². The van der Waals surface area contributed by atoms with E-state index in [1.807, 2.05) is 18.3 Å². The first-order chi connectivity index (χ1) is 32.2. The van der Waals surface area contributed by atoms with Crippen molar-refractivity contribution in [3.05, 3.63) is 155 Å². The third kappa shape index (κ3) is 10.9. The van der Waals surface area contributed by atoms with Crippen molar-refractivity contribution in [1.82, 2.24) is 24.5 Å². The van der Waals surface area contributed by atoms with Crippen LogP contribution in [0.2, 0.25) is 19.6 Å². The van der Waals surface area contributed by atoms with Crippen molar-refractivity contribution >= 4 is 46.4 Å². The maximum Gasteiger partial charge on any atom is 0.216 e. The van der Waals surface area contributed by atoms with Crippen molar-refractivity contribution in [2.45, 2.75) is 127 Å². The molecular formula is C61H69IrN5OSi-2. The normalized spacial score (nSPS) is 12.1. The fourth-order valence-electron chi connectivity index (χ4n) is 9.60. The molecule has 359 valence electrons. The van der Waals surface area contributed by atoms with E-state index in [1.165, 1.54) is 44.1 Å². The van der Waals surface area contributed by atoms with Crippen LogP contribution in [0.15, 0.2) is 108 Å². The Balaban J connectivity index is 0.000000258. The van der Waals surface area contributed by atoms with E-state index in [2.05, 4.69) is 204 Å². The molecule has 0 aliphatic heterocycles. The zero-order valence-electron chi connectivity index (χ0n) is 43.4. The number of aryl methyl sites for hydroxylation is 3. The largest absolute Gasteiger partial charge is 0.486 e. The Morgan fingerprint density at radius 1 is 0.739 bits per heavy atom. The summed E-state index contributed by atoms with van der Waals surface area (Å²) in [6.45, 7) is 33.9. The van der Waals surface area contributed by atoms with E-state index in [9.17, 15) is 0 Å². The summed E-state index contributed by atoms with van der Waals surface area (Å²) in [4.78, 5) is 19.8. The molecule has 9 aromatic rings. The zero-order valence-corrected chi connectivity index (χ0v) is 46.8. The number of rotatable bonds is 10. The molecule has 0 spiro atoms. The first-order valence-electron chi connectivity index (χ1n) is 24.5. The zero-order chi connectivity index (χ0) is 48.8. The molecule has 0 unspecified atom stereocenters. The van der Waals surface area contributed by atoms with Gasteiger partial charge in [0.2, 0.25) is 5.71 Å².